The summed E-state index contributed by atoms with van der Waals surface area (Å²) in [4.78, 5) is 12.1. The normalized spacial score (nSPS) is 10.2. The van der Waals surface area contributed by atoms with Crippen LogP contribution in [0.2, 0.25) is 0 Å². The zero-order chi connectivity index (χ0) is 19.2. The van der Waals surface area contributed by atoms with Gasteiger partial charge in [0.2, 0.25) is 0 Å². The molecule has 0 radical (unpaired) electrons. The van der Waals surface area contributed by atoms with Gasteiger partial charge in [0.25, 0.3) is 5.91 Å². The average molecular weight is 368 g/mol. The SMILES string of the molecule is COc1ccc(Nc2ccc(NC(=O)c3cccc(F)c3)nn2)c(OC)c1. The molecular weight excluding hydrogens is 351 g/mol. The fourth-order valence-corrected chi connectivity index (χ4v) is 2.32. The van der Waals surface area contributed by atoms with Crippen molar-refractivity contribution in [2.24, 2.45) is 0 Å². The summed E-state index contributed by atoms with van der Waals surface area (Å²) in [5.74, 6) is 1.00. The molecule has 0 spiro atoms. The summed E-state index contributed by atoms with van der Waals surface area (Å²) in [6.07, 6.45) is 0. The van der Waals surface area contributed by atoms with Crippen molar-refractivity contribution in [3.05, 3.63) is 66.0 Å². The van der Waals surface area contributed by atoms with Gasteiger partial charge in [0.1, 0.15) is 17.3 Å². The average Bonchev–Trinajstić information content (AvgIpc) is 2.69. The maximum absolute atomic E-state index is 13.2. The zero-order valence-electron chi connectivity index (χ0n) is 14.7. The maximum Gasteiger partial charge on any atom is 0.256 e. The molecule has 0 saturated carbocycles. The van der Waals surface area contributed by atoms with Gasteiger partial charge in [-0.15, -0.1) is 10.2 Å². The highest BCUT2D eigenvalue weighted by molar-refractivity contribution is 6.03. The van der Waals surface area contributed by atoms with Gasteiger partial charge in [-0.3, -0.25) is 4.79 Å². The minimum atomic E-state index is -0.485. The third kappa shape index (κ3) is 4.49. The molecule has 138 valence electrons. The fraction of sp³-hybridized carbons (Fsp3) is 0.105. The molecule has 0 unspecified atom stereocenters. The third-order valence-electron chi connectivity index (χ3n) is 3.66. The van der Waals surface area contributed by atoms with E-state index in [-0.39, 0.29) is 11.4 Å². The number of benzene rings is 2. The van der Waals surface area contributed by atoms with Gasteiger partial charge in [0.15, 0.2) is 11.6 Å². The van der Waals surface area contributed by atoms with E-state index in [1.165, 1.54) is 18.2 Å². The Kier molecular flexibility index (Phi) is 5.46. The van der Waals surface area contributed by atoms with Crippen LogP contribution in [0.15, 0.2) is 54.6 Å². The Labute approximate surface area is 155 Å². The molecule has 0 bridgehead atoms. The van der Waals surface area contributed by atoms with Crippen LogP contribution in [0.4, 0.5) is 21.7 Å². The number of halogens is 1. The molecule has 0 aliphatic rings. The first-order valence-electron chi connectivity index (χ1n) is 7.99. The topological polar surface area (TPSA) is 85.4 Å². The van der Waals surface area contributed by atoms with Crippen LogP contribution in [0, 0.1) is 5.82 Å². The minimum Gasteiger partial charge on any atom is -0.497 e. The van der Waals surface area contributed by atoms with Crippen molar-refractivity contribution in [1.29, 1.82) is 0 Å². The predicted molar refractivity (Wildman–Crippen MR) is 99.2 cm³/mol. The van der Waals surface area contributed by atoms with Crippen molar-refractivity contribution in [3.63, 3.8) is 0 Å². The lowest BCUT2D eigenvalue weighted by atomic mass is 10.2. The van der Waals surface area contributed by atoms with Crippen molar-refractivity contribution in [1.82, 2.24) is 10.2 Å². The number of ether oxygens (including phenoxy) is 2. The van der Waals surface area contributed by atoms with Crippen LogP contribution in [0.25, 0.3) is 0 Å². The number of aromatic nitrogens is 2. The second kappa shape index (κ2) is 8.13. The van der Waals surface area contributed by atoms with Crippen LogP contribution in [-0.4, -0.2) is 30.3 Å². The second-order valence-corrected chi connectivity index (χ2v) is 5.46. The number of anilines is 3. The Bertz CT molecular complexity index is 948. The van der Waals surface area contributed by atoms with E-state index in [0.29, 0.717) is 23.0 Å². The molecule has 1 amide bonds. The van der Waals surface area contributed by atoms with Gasteiger partial charge in [-0.05, 0) is 42.5 Å². The van der Waals surface area contributed by atoms with E-state index in [1.54, 1.807) is 44.6 Å². The Hall–Kier alpha value is -3.68. The van der Waals surface area contributed by atoms with E-state index >= 15 is 0 Å². The van der Waals surface area contributed by atoms with Gasteiger partial charge >= 0.3 is 0 Å². The molecule has 7 nitrogen and oxygen atoms in total. The van der Waals surface area contributed by atoms with Crippen molar-refractivity contribution in [3.8, 4) is 11.5 Å². The number of hydrogen-bond acceptors (Lipinski definition) is 6. The van der Waals surface area contributed by atoms with Gasteiger partial charge in [0.05, 0.1) is 19.9 Å². The molecule has 0 saturated heterocycles. The molecule has 2 aromatic carbocycles. The zero-order valence-corrected chi connectivity index (χ0v) is 14.7. The summed E-state index contributed by atoms with van der Waals surface area (Å²) in [5.41, 5.74) is 0.881. The highest BCUT2D eigenvalue weighted by atomic mass is 19.1. The number of rotatable bonds is 6. The molecule has 2 N–H and O–H groups in total. The standard InChI is InChI=1S/C19H17FN4O3/c1-26-14-6-7-15(16(11-14)27-2)21-17-8-9-18(24-23-17)22-19(25)12-4-3-5-13(20)10-12/h3-11H,1-2H3,(H,21,23)(H,22,24,25). The summed E-state index contributed by atoms with van der Waals surface area (Å²) in [5, 5.41) is 13.6. The first-order chi connectivity index (χ1) is 13.1. The Morgan fingerprint density at radius 3 is 2.41 bits per heavy atom. The highest BCUT2D eigenvalue weighted by Gasteiger charge is 2.09. The lowest BCUT2D eigenvalue weighted by Gasteiger charge is -2.12. The van der Waals surface area contributed by atoms with Crippen molar-refractivity contribution < 1.29 is 18.7 Å². The van der Waals surface area contributed by atoms with Crippen molar-refractivity contribution in [2.75, 3.05) is 24.9 Å². The van der Waals surface area contributed by atoms with Gasteiger partial charge in [-0.2, -0.15) is 0 Å². The molecule has 3 rings (SSSR count). The smallest absolute Gasteiger partial charge is 0.256 e. The lowest BCUT2D eigenvalue weighted by molar-refractivity contribution is 0.102. The number of nitrogens with one attached hydrogen (secondary N) is 2. The number of carbonyl (C=O) groups excluding carboxylic acids is 1. The molecule has 0 aliphatic carbocycles. The highest BCUT2D eigenvalue weighted by Crippen LogP contribution is 2.30. The minimum absolute atomic E-state index is 0.196. The van der Waals surface area contributed by atoms with Crippen LogP contribution in [0.3, 0.4) is 0 Å². The molecule has 0 aliphatic heterocycles. The Morgan fingerprint density at radius 2 is 1.74 bits per heavy atom. The van der Waals surface area contributed by atoms with E-state index in [2.05, 4.69) is 20.8 Å². The van der Waals surface area contributed by atoms with E-state index < -0.39 is 11.7 Å². The summed E-state index contributed by atoms with van der Waals surface area (Å²) >= 11 is 0. The Morgan fingerprint density at radius 1 is 0.963 bits per heavy atom. The van der Waals surface area contributed by atoms with Crippen LogP contribution in [-0.2, 0) is 0 Å². The van der Waals surface area contributed by atoms with Crippen LogP contribution < -0.4 is 20.1 Å². The molecule has 1 heterocycles. The van der Waals surface area contributed by atoms with E-state index in [1.807, 2.05) is 0 Å². The first-order valence-corrected chi connectivity index (χ1v) is 7.99. The predicted octanol–water partition coefficient (Wildman–Crippen LogP) is 3.63. The molecule has 0 fully saturated rings. The lowest BCUT2D eigenvalue weighted by Crippen LogP contribution is -2.13. The van der Waals surface area contributed by atoms with Gasteiger partial charge in [-0.25, -0.2) is 4.39 Å². The van der Waals surface area contributed by atoms with E-state index in [9.17, 15) is 9.18 Å². The largest absolute Gasteiger partial charge is 0.497 e. The summed E-state index contributed by atoms with van der Waals surface area (Å²) < 4.78 is 23.7. The number of carbonyl (C=O) groups is 1. The first kappa shape index (κ1) is 18.1. The monoisotopic (exact) mass is 368 g/mol. The number of hydrogen-bond donors (Lipinski definition) is 2. The molecule has 27 heavy (non-hydrogen) atoms. The molecular formula is C19H17FN4O3. The van der Waals surface area contributed by atoms with Gasteiger partial charge in [0, 0.05) is 11.6 Å². The van der Waals surface area contributed by atoms with Crippen molar-refractivity contribution >= 4 is 23.2 Å². The van der Waals surface area contributed by atoms with E-state index in [0.717, 1.165) is 6.07 Å². The maximum atomic E-state index is 13.2. The van der Waals surface area contributed by atoms with Crippen LogP contribution >= 0.6 is 0 Å². The van der Waals surface area contributed by atoms with Gasteiger partial charge < -0.3 is 20.1 Å². The van der Waals surface area contributed by atoms with Crippen LogP contribution in [0.5, 0.6) is 11.5 Å². The quantitative estimate of drug-likeness (QED) is 0.691. The fourth-order valence-electron chi connectivity index (χ4n) is 2.32. The van der Waals surface area contributed by atoms with E-state index in [4.69, 9.17) is 9.47 Å². The molecule has 0 atom stereocenters. The molecule has 1 aromatic heterocycles. The van der Waals surface area contributed by atoms with Crippen molar-refractivity contribution in [2.45, 2.75) is 0 Å². The van der Waals surface area contributed by atoms with Gasteiger partial charge in [-0.1, -0.05) is 6.07 Å². The second-order valence-electron chi connectivity index (χ2n) is 5.46. The number of nitrogens with zero attached hydrogens (tertiary/aromatic N) is 2. The third-order valence-corrected chi connectivity index (χ3v) is 3.66. The Balaban J connectivity index is 1.69. The summed E-state index contributed by atoms with van der Waals surface area (Å²) in [7, 11) is 3.13. The van der Waals surface area contributed by atoms with Crippen LogP contribution in [0.1, 0.15) is 10.4 Å². The summed E-state index contributed by atoms with van der Waals surface area (Å²) in [6, 6.07) is 13.9. The summed E-state index contributed by atoms with van der Waals surface area (Å²) in [6.45, 7) is 0. The molecule has 8 heteroatoms. The number of amides is 1. The molecule has 3 aromatic rings. The number of methoxy groups -OCH3 is 2.